The van der Waals surface area contributed by atoms with Crippen molar-refractivity contribution in [2.24, 2.45) is 0 Å². The second kappa shape index (κ2) is 7.66. The van der Waals surface area contributed by atoms with Crippen LogP contribution in [0.25, 0.3) is 0 Å². The standard InChI is InChI=1S/C18H26N2O4/c1-14-7-4-5-8-16(14)24-12-11-19(3)17(22)18(23)9-6-10-20(13-18)15(2)21/h4-5,7-8,23H,6,9-13H2,1-3H3/t18-/m1/s1. The Kier molecular flexibility index (Phi) is 5.83. The zero-order valence-electron chi connectivity index (χ0n) is 14.6. The number of aliphatic hydroxyl groups is 1. The summed E-state index contributed by atoms with van der Waals surface area (Å²) in [6.45, 7) is 4.78. The molecule has 1 fully saturated rings. The monoisotopic (exact) mass is 334 g/mol. The molecule has 1 saturated heterocycles. The Balaban J connectivity index is 1.89. The number of hydrogen-bond acceptors (Lipinski definition) is 4. The van der Waals surface area contributed by atoms with Gasteiger partial charge in [-0.15, -0.1) is 0 Å². The number of piperidine rings is 1. The minimum absolute atomic E-state index is 0.0597. The highest BCUT2D eigenvalue weighted by Gasteiger charge is 2.42. The number of β-amino-alcohol motifs (C(OH)–C–C–N with tert-alkyl or cyclic N) is 1. The Morgan fingerprint density at radius 3 is 2.75 bits per heavy atom. The second-order valence-electron chi connectivity index (χ2n) is 6.42. The molecule has 6 heteroatoms. The molecule has 0 saturated carbocycles. The smallest absolute Gasteiger partial charge is 0.256 e. The number of ether oxygens (including phenoxy) is 1. The van der Waals surface area contributed by atoms with E-state index in [1.165, 1.54) is 16.7 Å². The predicted molar refractivity (Wildman–Crippen MR) is 90.7 cm³/mol. The molecule has 1 heterocycles. The third-order valence-corrected chi connectivity index (χ3v) is 4.44. The van der Waals surface area contributed by atoms with Crippen molar-refractivity contribution in [3.8, 4) is 5.75 Å². The van der Waals surface area contributed by atoms with Gasteiger partial charge in [0.2, 0.25) is 5.91 Å². The minimum Gasteiger partial charge on any atom is -0.491 e. The van der Waals surface area contributed by atoms with Crippen LogP contribution in [0, 0.1) is 6.92 Å². The fourth-order valence-corrected chi connectivity index (χ4v) is 2.95. The van der Waals surface area contributed by atoms with Crippen molar-refractivity contribution in [1.29, 1.82) is 0 Å². The van der Waals surface area contributed by atoms with E-state index < -0.39 is 5.60 Å². The lowest BCUT2D eigenvalue weighted by Crippen LogP contribution is -2.58. The van der Waals surface area contributed by atoms with Crippen LogP contribution >= 0.6 is 0 Å². The molecule has 6 nitrogen and oxygen atoms in total. The van der Waals surface area contributed by atoms with Gasteiger partial charge >= 0.3 is 0 Å². The third kappa shape index (κ3) is 4.26. The van der Waals surface area contributed by atoms with Crippen LogP contribution in [0.1, 0.15) is 25.3 Å². The van der Waals surface area contributed by atoms with E-state index in [-0.39, 0.29) is 18.4 Å². The molecule has 1 N–H and O–H groups in total. The van der Waals surface area contributed by atoms with Crippen molar-refractivity contribution < 1.29 is 19.4 Å². The van der Waals surface area contributed by atoms with Crippen molar-refractivity contribution in [3.05, 3.63) is 29.8 Å². The summed E-state index contributed by atoms with van der Waals surface area (Å²) in [7, 11) is 1.65. The Morgan fingerprint density at radius 2 is 2.08 bits per heavy atom. The zero-order chi connectivity index (χ0) is 17.7. The summed E-state index contributed by atoms with van der Waals surface area (Å²) in [5, 5.41) is 10.7. The highest BCUT2D eigenvalue weighted by Crippen LogP contribution is 2.23. The van der Waals surface area contributed by atoms with Gasteiger partial charge in [-0.05, 0) is 31.4 Å². The maximum Gasteiger partial charge on any atom is 0.256 e. The number of aryl methyl sites for hydroxylation is 1. The van der Waals surface area contributed by atoms with E-state index in [4.69, 9.17) is 4.74 Å². The van der Waals surface area contributed by atoms with E-state index in [1.807, 2.05) is 31.2 Å². The topological polar surface area (TPSA) is 70.1 Å². The van der Waals surface area contributed by atoms with E-state index in [2.05, 4.69) is 0 Å². The first kappa shape index (κ1) is 18.3. The Hall–Kier alpha value is -2.08. The molecule has 0 radical (unpaired) electrons. The van der Waals surface area contributed by atoms with Crippen LogP contribution in [0.5, 0.6) is 5.75 Å². The van der Waals surface area contributed by atoms with Gasteiger partial charge in [-0.1, -0.05) is 18.2 Å². The van der Waals surface area contributed by atoms with Gasteiger partial charge in [-0.25, -0.2) is 0 Å². The molecule has 24 heavy (non-hydrogen) atoms. The van der Waals surface area contributed by atoms with Gasteiger partial charge in [0.1, 0.15) is 12.4 Å². The van der Waals surface area contributed by atoms with E-state index in [9.17, 15) is 14.7 Å². The van der Waals surface area contributed by atoms with Crippen LogP contribution in [0.2, 0.25) is 0 Å². The summed E-state index contributed by atoms with van der Waals surface area (Å²) in [6, 6.07) is 7.69. The second-order valence-corrected chi connectivity index (χ2v) is 6.42. The Labute approximate surface area is 143 Å². The van der Waals surface area contributed by atoms with Crippen LogP contribution in [0.15, 0.2) is 24.3 Å². The van der Waals surface area contributed by atoms with Crippen LogP contribution in [0.4, 0.5) is 0 Å². The average molecular weight is 334 g/mol. The lowest BCUT2D eigenvalue weighted by atomic mass is 9.91. The number of para-hydroxylation sites is 1. The maximum absolute atomic E-state index is 12.6. The number of rotatable bonds is 5. The summed E-state index contributed by atoms with van der Waals surface area (Å²) in [5.74, 6) is 0.311. The first-order valence-electron chi connectivity index (χ1n) is 8.25. The van der Waals surface area contributed by atoms with Crippen molar-refractivity contribution in [1.82, 2.24) is 9.80 Å². The molecule has 1 atom stereocenters. The summed E-state index contributed by atoms with van der Waals surface area (Å²) in [4.78, 5) is 27.1. The van der Waals surface area contributed by atoms with Gasteiger partial charge in [0.25, 0.3) is 5.91 Å². The summed E-state index contributed by atoms with van der Waals surface area (Å²) >= 11 is 0. The number of carbonyl (C=O) groups excluding carboxylic acids is 2. The largest absolute Gasteiger partial charge is 0.491 e. The van der Waals surface area contributed by atoms with Crippen LogP contribution in [-0.2, 0) is 9.59 Å². The molecule has 0 bridgehead atoms. The van der Waals surface area contributed by atoms with Gasteiger partial charge in [0.15, 0.2) is 5.60 Å². The van der Waals surface area contributed by atoms with Crippen LogP contribution in [-0.4, -0.2) is 65.6 Å². The zero-order valence-corrected chi connectivity index (χ0v) is 14.6. The van der Waals surface area contributed by atoms with Gasteiger partial charge < -0.3 is 19.6 Å². The summed E-state index contributed by atoms with van der Waals surface area (Å²) < 4.78 is 5.70. The van der Waals surface area contributed by atoms with Crippen molar-refractivity contribution in [2.75, 3.05) is 33.3 Å². The molecule has 2 amide bonds. The molecule has 0 aromatic heterocycles. The molecule has 1 aromatic rings. The molecule has 132 valence electrons. The Morgan fingerprint density at radius 1 is 1.38 bits per heavy atom. The number of nitrogens with zero attached hydrogens (tertiary/aromatic N) is 2. The van der Waals surface area contributed by atoms with E-state index >= 15 is 0 Å². The van der Waals surface area contributed by atoms with Crippen LogP contribution in [0.3, 0.4) is 0 Å². The lowest BCUT2D eigenvalue weighted by molar-refractivity contribution is -0.159. The van der Waals surface area contributed by atoms with Crippen LogP contribution < -0.4 is 4.74 Å². The molecule has 0 unspecified atom stereocenters. The average Bonchev–Trinajstić information content (AvgIpc) is 2.55. The van der Waals surface area contributed by atoms with Gasteiger partial charge in [0.05, 0.1) is 13.1 Å². The Bertz CT molecular complexity index is 604. The molecule has 2 rings (SSSR count). The number of likely N-dealkylation sites (tertiary alicyclic amines) is 1. The minimum atomic E-state index is -1.50. The molecule has 0 aliphatic carbocycles. The van der Waals surface area contributed by atoms with E-state index in [1.54, 1.807) is 7.05 Å². The maximum atomic E-state index is 12.6. The number of hydrogen-bond donors (Lipinski definition) is 1. The number of amides is 2. The van der Waals surface area contributed by atoms with Crippen molar-refractivity contribution in [3.63, 3.8) is 0 Å². The van der Waals surface area contributed by atoms with Crippen molar-refractivity contribution >= 4 is 11.8 Å². The molecular weight excluding hydrogens is 308 g/mol. The van der Waals surface area contributed by atoms with Gasteiger partial charge in [-0.3, -0.25) is 9.59 Å². The van der Waals surface area contributed by atoms with Gasteiger partial charge in [-0.2, -0.15) is 0 Å². The number of benzene rings is 1. The third-order valence-electron chi connectivity index (χ3n) is 4.44. The number of likely N-dealkylation sites (N-methyl/N-ethyl adjacent to an activating group) is 1. The normalized spacial score (nSPS) is 20.6. The fraction of sp³-hybridized carbons (Fsp3) is 0.556. The van der Waals surface area contributed by atoms with E-state index in [0.29, 0.717) is 32.5 Å². The quantitative estimate of drug-likeness (QED) is 0.879. The van der Waals surface area contributed by atoms with Crippen molar-refractivity contribution in [2.45, 2.75) is 32.3 Å². The molecule has 0 spiro atoms. The lowest BCUT2D eigenvalue weighted by Gasteiger charge is -2.39. The highest BCUT2D eigenvalue weighted by atomic mass is 16.5. The molecule has 1 aliphatic heterocycles. The first-order chi connectivity index (χ1) is 11.3. The summed E-state index contributed by atoms with van der Waals surface area (Å²) in [6.07, 6.45) is 0.994. The molecular formula is C18H26N2O4. The molecule has 1 aliphatic rings. The highest BCUT2D eigenvalue weighted by molar-refractivity contribution is 5.86. The SMILES string of the molecule is CC(=O)N1CCC[C@](O)(C(=O)N(C)CCOc2ccccc2C)C1. The predicted octanol–water partition coefficient (Wildman–Crippen LogP) is 1.21. The fourth-order valence-electron chi connectivity index (χ4n) is 2.95. The number of carbonyl (C=O) groups is 2. The first-order valence-corrected chi connectivity index (χ1v) is 8.25. The van der Waals surface area contributed by atoms with Gasteiger partial charge in [0, 0.05) is 20.5 Å². The molecule has 1 aromatic carbocycles. The van der Waals surface area contributed by atoms with E-state index in [0.717, 1.165) is 11.3 Å². The summed E-state index contributed by atoms with van der Waals surface area (Å²) in [5.41, 5.74) is -0.462.